The zero-order valence-corrected chi connectivity index (χ0v) is 14.5. The van der Waals surface area contributed by atoms with Crippen molar-refractivity contribution in [2.45, 2.75) is 20.4 Å². The van der Waals surface area contributed by atoms with Crippen molar-refractivity contribution >= 4 is 11.6 Å². The molecule has 0 radical (unpaired) electrons. The van der Waals surface area contributed by atoms with Crippen LogP contribution in [0.4, 0.5) is 4.39 Å². The number of rotatable bonds is 5. The number of aromatic nitrogens is 3. The molecule has 2 aromatic carbocycles. The highest BCUT2D eigenvalue weighted by atomic mass is 19.1. The molecule has 0 aliphatic heterocycles. The van der Waals surface area contributed by atoms with Crippen LogP contribution in [-0.4, -0.2) is 26.6 Å². The molecule has 2 N–H and O–H groups in total. The Bertz CT molecular complexity index is 962. The number of nitrogens with zero attached hydrogens (tertiary/aromatic N) is 3. The van der Waals surface area contributed by atoms with Gasteiger partial charge in [0, 0.05) is 12.3 Å². The van der Waals surface area contributed by atoms with Crippen LogP contribution in [-0.2, 0) is 6.54 Å². The van der Waals surface area contributed by atoms with Gasteiger partial charge in [-0.2, -0.15) is 0 Å². The second-order valence-corrected chi connectivity index (χ2v) is 5.92. The fourth-order valence-electron chi connectivity index (χ4n) is 2.53. The maximum absolute atomic E-state index is 13.4. The molecule has 0 saturated heterocycles. The van der Waals surface area contributed by atoms with E-state index in [4.69, 9.17) is 5.41 Å². The van der Waals surface area contributed by atoms with Gasteiger partial charge in [-0.05, 0) is 43.2 Å². The van der Waals surface area contributed by atoms with Crippen molar-refractivity contribution in [3.8, 4) is 5.69 Å². The summed E-state index contributed by atoms with van der Waals surface area (Å²) in [6, 6.07) is 13.4. The molecule has 0 atom stereocenters. The number of halogens is 1. The first-order valence-electron chi connectivity index (χ1n) is 8.06. The van der Waals surface area contributed by atoms with Crippen LogP contribution in [0.15, 0.2) is 48.5 Å². The van der Waals surface area contributed by atoms with E-state index in [-0.39, 0.29) is 17.4 Å². The van der Waals surface area contributed by atoms with E-state index in [2.05, 4.69) is 15.6 Å². The summed E-state index contributed by atoms with van der Waals surface area (Å²) in [5.41, 5.74) is 3.48. The van der Waals surface area contributed by atoms with Crippen molar-refractivity contribution in [3.05, 3.63) is 76.9 Å². The Morgan fingerprint density at radius 2 is 1.96 bits per heavy atom. The summed E-state index contributed by atoms with van der Waals surface area (Å²) >= 11 is 0. The normalized spacial score (nSPS) is 10.6. The first kappa shape index (κ1) is 17.5. The lowest BCUT2D eigenvalue weighted by atomic mass is 10.1. The lowest BCUT2D eigenvalue weighted by Crippen LogP contribution is -2.24. The molecule has 0 spiro atoms. The number of nitrogens with one attached hydrogen (secondary N) is 2. The van der Waals surface area contributed by atoms with E-state index >= 15 is 0 Å². The minimum atomic E-state index is -0.382. The Hall–Kier alpha value is -3.35. The number of carbonyl (C=O) groups excluding carboxylic acids is 1. The standard InChI is InChI=1S/C19H18FN5O/c1-12(21)15-8-6-14(7-9-15)11-22-19(26)18-13(2)25(24-23-18)17-5-3-4-16(20)10-17/h3-10,21H,11H2,1-2H3,(H,22,26). The molecular formula is C19H18FN5O. The quantitative estimate of drug-likeness (QED) is 0.693. The Morgan fingerprint density at radius 3 is 2.62 bits per heavy atom. The van der Waals surface area contributed by atoms with Gasteiger partial charge in [0.2, 0.25) is 0 Å². The molecule has 7 heteroatoms. The SMILES string of the molecule is CC(=N)c1ccc(CNC(=O)c2nnn(-c3cccc(F)c3)c2C)cc1. The summed E-state index contributed by atoms with van der Waals surface area (Å²) in [6.07, 6.45) is 0. The van der Waals surface area contributed by atoms with Crippen molar-refractivity contribution in [3.63, 3.8) is 0 Å². The smallest absolute Gasteiger partial charge is 0.274 e. The van der Waals surface area contributed by atoms with Crippen molar-refractivity contribution < 1.29 is 9.18 Å². The van der Waals surface area contributed by atoms with Crippen molar-refractivity contribution in [1.29, 1.82) is 5.41 Å². The molecule has 0 saturated carbocycles. The van der Waals surface area contributed by atoms with Gasteiger partial charge in [-0.1, -0.05) is 35.5 Å². The predicted octanol–water partition coefficient (Wildman–Crippen LogP) is 3.03. The van der Waals surface area contributed by atoms with Crippen molar-refractivity contribution in [1.82, 2.24) is 20.3 Å². The van der Waals surface area contributed by atoms with Gasteiger partial charge >= 0.3 is 0 Å². The maximum Gasteiger partial charge on any atom is 0.274 e. The van der Waals surface area contributed by atoms with Crippen LogP contribution in [0.1, 0.15) is 34.2 Å². The largest absolute Gasteiger partial charge is 0.347 e. The van der Waals surface area contributed by atoms with E-state index in [9.17, 15) is 9.18 Å². The molecular weight excluding hydrogens is 333 g/mol. The monoisotopic (exact) mass is 351 g/mol. The first-order chi connectivity index (χ1) is 12.5. The minimum Gasteiger partial charge on any atom is -0.347 e. The van der Waals surface area contributed by atoms with Crippen LogP contribution >= 0.6 is 0 Å². The van der Waals surface area contributed by atoms with Gasteiger partial charge in [0.1, 0.15) is 5.82 Å². The van der Waals surface area contributed by atoms with E-state index in [0.29, 0.717) is 23.6 Å². The van der Waals surface area contributed by atoms with E-state index in [1.54, 1.807) is 26.0 Å². The summed E-state index contributed by atoms with van der Waals surface area (Å²) in [7, 11) is 0. The van der Waals surface area contributed by atoms with Gasteiger partial charge in [0.25, 0.3) is 5.91 Å². The Morgan fingerprint density at radius 1 is 1.23 bits per heavy atom. The maximum atomic E-state index is 13.4. The molecule has 0 fully saturated rings. The van der Waals surface area contributed by atoms with E-state index in [1.807, 2.05) is 24.3 Å². The summed E-state index contributed by atoms with van der Waals surface area (Å²) < 4.78 is 14.8. The van der Waals surface area contributed by atoms with Crippen LogP contribution in [0.2, 0.25) is 0 Å². The zero-order valence-electron chi connectivity index (χ0n) is 14.5. The van der Waals surface area contributed by atoms with E-state index in [0.717, 1.165) is 11.1 Å². The molecule has 1 heterocycles. The summed E-state index contributed by atoms with van der Waals surface area (Å²) in [5.74, 6) is -0.732. The Balaban J connectivity index is 1.71. The van der Waals surface area contributed by atoms with Crippen molar-refractivity contribution in [2.24, 2.45) is 0 Å². The Labute approximate surface area is 150 Å². The second kappa shape index (κ2) is 7.26. The van der Waals surface area contributed by atoms with Crippen LogP contribution in [0, 0.1) is 18.2 Å². The minimum absolute atomic E-state index is 0.196. The molecule has 26 heavy (non-hydrogen) atoms. The van der Waals surface area contributed by atoms with Crippen LogP contribution in [0.25, 0.3) is 5.69 Å². The molecule has 1 aromatic heterocycles. The molecule has 132 valence electrons. The number of amides is 1. The second-order valence-electron chi connectivity index (χ2n) is 5.92. The molecule has 1 amide bonds. The first-order valence-corrected chi connectivity index (χ1v) is 8.06. The average molecular weight is 351 g/mol. The number of carbonyl (C=O) groups is 1. The van der Waals surface area contributed by atoms with Crippen LogP contribution in [0.3, 0.4) is 0 Å². The summed E-state index contributed by atoms with van der Waals surface area (Å²) in [5, 5.41) is 18.3. The third-order valence-corrected chi connectivity index (χ3v) is 4.00. The lowest BCUT2D eigenvalue weighted by molar-refractivity contribution is 0.0945. The number of hydrogen-bond acceptors (Lipinski definition) is 4. The number of benzene rings is 2. The fraction of sp³-hybridized carbons (Fsp3) is 0.158. The molecule has 3 rings (SSSR count). The van der Waals surface area contributed by atoms with E-state index < -0.39 is 0 Å². The Kier molecular flexibility index (Phi) is 4.88. The third-order valence-electron chi connectivity index (χ3n) is 4.00. The molecule has 6 nitrogen and oxygen atoms in total. The fourth-order valence-corrected chi connectivity index (χ4v) is 2.53. The summed E-state index contributed by atoms with van der Waals surface area (Å²) in [6.45, 7) is 3.77. The topological polar surface area (TPSA) is 83.7 Å². The van der Waals surface area contributed by atoms with Gasteiger partial charge in [-0.3, -0.25) is 4.79 Å². The van der Waals surface area contributed by atoms with Gasteiger partial charge in [-0.15, -0.1) is 5.10 Å². The van der Waals surface area contributed by atoms with Crippen LogP contribution in [0.5, 0.6) is 0 Å². The zero-order chi connectivity index (χ0) is 18.7. The average Bonchev–Trinajstić information content (AvgIpc) is 3.01. The third kappa shape index (κ3) is 3.66. The molecule has 3 aromatic rings. The molecule has 0 aliphatic rings. The van der Waals surface area contributed by atoms with Gasteiger partial charge in [0.05, 0.1) is 11.4 Å². The predicted molar refractivity (Wildman–Crippen MR) is 96.2 cm³/mol. The van der Waals surface area contributed by atoms with Crippen LogP contribution < -0.4 is 5.32 Å². The van der Waals surface area contributed by atoms with Gasteiger partial charge in [0.15, 0.2) is 5.69 Å². The molecule has 0 aliphatic carbocycles. The molecule has 0 unspecified atom stereocenters. The van der Waals surface area contributed by atoms with Crippen molar-refractivity contribution in [2.75, 3.05) is 0 Å². The lowest BCUT2D eigenvalue weighted by Gasteiger charge is -2.06. The molecule has 0 bridgehead atoms. The summed E-state index contributed by atoms with van der Waals surface area (Å²) in [4.78, 5) is 12.4. The number of hydrogen-bond donors (Lipinski definition) is 2. The highest BCUT2D eigenvalue weighted by Gasteiger charge is 2.17. The highest BCUT2D eigenvalue weighted by Crippen LogP contribution is 2.13. The van der Waals surface area contributed by atoms with Gasteiger partial charge < -0.3 is 10.7 Å². The van der Waals surface area contributed by atoms with Gasteiger partial charge in [-0.25, -0.2) is 9.07 Å². The highest BCUT2D eigenvalue weighted by molar-refractivity contribution is 5.96. The van der Waals surface area contributed by atoms with E-state index in [1.165, 1.54) is 16.8 Å².